The number of halogens is 1. The lowest BCUT2D eigenvalue weighted by Crippen LogP contribution is -2.34. The lowest BCUT2D eigenvalue weighted by molar-refractivity contribution is 0.0531. The summed E-state index contributed by atoms with van der Waals surface area (Å²) in [5, 5.41) is 2.48. The molecule has 7 nitrogen and oxygen atoms in total. The van der Waals surface area contributed by atoms with Crippen molar-refractivity contribution in [3.63, 3.8) is 0 Å². The first-order valence-corrected chi connectivity index (χ1v) is 8.94. The Morgan fingerprint density at radius 2 is 2.19 bits per heavy atom. The monoisotopic (exact) mass is 377 g/mol. The quantitative estimate of drug-likeness (QED) is 0.824. The molecule has 0 saturated heterocycles. The number of pyridine rings is 1. The maximum absolute atomic E-state index is 13.1. The summed E-state index contributed by atoms with van der Waals surface area (Å²) in [6.45, 7) is 5.70. The van der Waals surface area contributed by atoms with Gasteiger partial charge < -0.3 is 19.7 Å². The zero-order chi connectivity index (χ0) is 19.6. The number of hydrogen-bond acceptors (Lipinski definition) is 5. The minimum atomic E-state index is -0.625. The van der Waals surface area contributed by atoms with Gasteiger partial charge in [-0.25, -0.2) is 14.2 Å². The average Bonchev–Trinajstić information content (AvgIpc) is 3.38. The SMILES string of the molecule is CC(C)(C)OC(=O)NC/C(=C\F)COc1cnc2c(c1)CN(C1CC1)C2=O. The van der Waals surface area contributed by atoms with E-state index < -0.39 is 11.7 Å². The highest BCUT2D eigenvalue weighted by Crippen LogP contribution is 2.34. The van der Waals surface area contributed by atoms with Crippen molar-refractivity contribution in [3.05, 3.63) is 35.4 Å². The third-order valence-corrected chi connectivity index (χ3v) is 4.17. The summed E-state index contributed by atoms with van der Waals surface area (Å²) < 4.78 is 23.7. The minimum Gasteiger partial charge on any atom is -0.487 e. The van der Waals surface area contributed by atoms with Crippen molar-refractivity contribution >= 4 is 12.0 Å². The molecule has 1 N–H and O–H groups in total. The number of alkyl carbamates (subject to hydrolysis) is 1. The van der Waals surface area contributed by atoms with Crippen LogP contribution in [0.2, 0.25) is 0 Å². The molecule has 8 heteroatoms. The van der Waals surface area contributed by atoms with Crippen LogP contribution in [0.1, 0.15) is 49.7 Å². The lowest BCUT2D eigenvalue weighted by Gasteiger charge is -2.20. The van der Waals surface area contributed by atoms with Gasteiger partial charge in [0.2, 0.25) is 0 Å². The van der Waals surface area contributed by atoms with E-state index in [2.05, 4.69) is 10.3 Å². The van der Waals surface area contributed by atoms with Gasteiger partial charge in [0.05, 0.1) is 12.5 Å². The molecule has 1 aromatic heterocycles. The summed E-state index contributed by atoms with van der Waals surface area (Å²) in [4.78, 5) is 29.9. The number of amides is 2. The number of ether oxygens (including phenoxy) is 2. The number of aromatic nitrogens is 1. The largest absolute Gasteiger partial charge is 0.487 e. The summed E-state index contributed by atoms with van der Waals surface area (Å²) in [5.74, 6) is 0.417. The zero-order valence-electron chi connectivity index (χ0n) is 15.8. The van der Waals surface area contributed by atoms with E-state index in [0.717, 1.165) is 18.4 Å². The number of nitrogens with zero attached hydrogens (tertiary/aromatic N) is 2. The Hall–Kier alpha value is -2.64. The second kappa shape index (κ2) is 7.54. The summed E-state index contributed by atoms with van der Waals surface area (Å²) >= 11 is 0. The highest BCUT2D eigenvalue weighted by Gasteiger charge is 2.39. The van der Waals surface area contributed by atoms with Gasteiger partial charge in [-0.15, -0.1) is 0 Å². The number of rotatable bonds is 6. The van der Waals surface area contributed by atoms with E-state index in [1.165, 1.54) is 6.20 Å². The van der Waals surface area contributed by atoms with Crippen LogP contribution in [0.15, 0.2) is 24.2 Å². The third-order valence-electron chi connectivity index (χ3n) is 4.17. The van der Waals surface area contributed by atoms with E-state index in [1.807, 2.05) is 4.90 Å². The molecule has 0 atom stereocenters. The normalized spacial score (nSPS) is 17.0. The van der Waals surface area contributed by atoms with Crippen molar-refractivity contribution in [3.8, 4) is 5.75 Å². The maximum Gasteiger partial charge on any atom is 0.407 e. The molecule has 1 aromatic rings. The second-order valence-electron chi connectivity index (χ2n) is 7.75. The first-order chi connectivity index (χ1) is 12.8. The van der Waals surface area contributed by atoms with Crippen LogP contribution in [0.25, 0.3) is 0 Å². The molecule has 1 aliphatic carbocycles. The average molecular weight is 377 g/mol. The fourth-order valence-electron chi connectivity index (χ4n) is 2.75. The van der Waals surface area contributed by atoms with E-state index >= 15 is 0 Å². The zero-order valence-corrected chi connectivity index (χ0v) is 15.8. The van der Waals surface area contributed by atoms with Gasteiger partial charge in [0, 0.05) is 30.3 Å². The van der Waals surface area contributed by atoms with Crippen LogP contribution in [0, 0.1) is 0 Å². The number of hydrogen-bond donors (Lipinski definition) is 1. The Morgan fingerprint density at radius 1 is 1.44 bits per heavy atom. The smallest absolute Gasteiger partial charge is 0.407 e. The molecule has 0 radical (unpaired) electrons. The number of carbonyl (C=O) groups is 2. The molecule has 2 amide bonds. The van der Waals surface area contributed by atoms with E-state index in [4.69, 9.17) is 9.47 Å². The van der Waals surface area contributed by atoms with E-state index in [9.17, 15) is 14.0 Å². The molecule has 27 heavy (non-hydrogen) atoms. The molecule has 3 rings (SSSR count). The lowest BCUT2D eigenvalue weighted by atomic mass is 10.2. The van der Waals surface area contributed by atoms with E-state index in [-0.39, 0.29) is 24.6 Å². The predicted octanol–water partition coefficient (Wildman–Crippen LogP) is 2.96. The van der Waals surface area contributed by atoms with Crippen molar-refractivity contribution in [2.24, 2.45) is 0 Å². The summed E-state index contributed by atoms with van der Waals surface area (Å²) in [7, 11) is 0. The van der Waals surface area contributed by atoms with Crippen LogP contribution in [-0.2, 0) is 11.3 Å². The van der Waals surface area contributed by atoms with Gasteiger partial charge in [0.25, 0.3) is 5.91 Å². The molecule has 1 saturated carbocycles. The van der Waals surface area contributed by atoms with E-state index in [0.29, 0.717) is 30.4 Å². The minimum absolute atomic E-state index is 0.0300. The van der Waals surface area contributed by atoms with Crippen LogP contribution in [0.3, 0.4) is 0 Å². The number of fused-ring (bicyclic) bond motifs is 1. The second-order valence-corrected chi connectivity index (χ2v) is 7.75. The first kappa shape index (κ1) is 19.1. The summed E-state index contributed by atoms with van der Waals surface area (Å²) in [5.41, 5.74) is 0.906. The van der Waals surface area contributed by atoms with Gasteiger partial charge in [-0.05, 0) is 39.7 Å². The Kier molecular flexibility index (Phi) is 5.34. The molecule has 1 aliphatic heterocycles. The van der Waals surface area contributed by atoms with Crippen LogP contribution >= 0.6 is 0 Å². The van der Waals surface area contributed by atoms with Crippen molar-refractivity contribution in [1.82, 2.24) is 15.2 Å². The van der Waals surface area contributed by atoms with Crippen LogP contribution in [0.4, 0.5) is 9.18 Å². The predicted molar refractivity (Wildman–Crippen MR) is 96.1 cm³/mol. The van der Waals surface area contributed by atoms with Crippen molar-refractivity contribution < 1.29 is 23.5 Å². The molecular weight excluding hydrogens is 353 g/mol. The first-order valence-electron chi connectivity index (χ1n) is 8.94. The molecule has 0 bridgehead atoms. The van der Waals surface area contributed by atoms with Crippen LogP contribution in [-0.4, -0.2) is 46.7 Å². The van der Waals surface area contributed by atoms with Crippen molar-refractivity contribution in [2.45, 2.75) is 51.8 Å². The van der Waals surface area contributed by atoms with Crippen molar-refractivity contribution in [1.29, 1.82) is 0 Å². The molecule has 0 unspecified atom stereocenters. The molecule has 0 spiro atoms. The number of carbonyl (C=O) groups excluding carboxylic acids is 2. The van der Waals surface area contributed by atoms with Gasteiger partial charge >= 0.3 is 6.09 Å². The van der Waals surface area contributed by atoms with Gasteiger partial charge in [-0.1, -0.05) is 0 Å². The Balaban J connectivity index is 1.51. The third kappa shape index (κ3) is 4.96. The van der Waals surface area contributed by atoms with Gasteiger partial charge in [-0.3, -0.25) is 4.79 Å². The standard InChI is InChI=1S/C19H24FN3O4/c1-19(2,3)27-18(25)22-8-12(7-20)11-26-15-6-13-10-23(14-4-5-14)17(24)16(13)21-9-15/h6-7,9,14H,4-5,8,10-11H2,1-3H3,(H,22,25)/b12-7+. The molecule has 2 aliphatic rings. The van der Waals surface area contributed by atoms with Gasteiger partial charge in [0.1, 0.15) is 23.7 Å². The maximum atomic E-state index is 13.1. The number of nitrogens with one attached hydrogen (secondary N) is 1. The fraction of sp³-hybridized carbons (Fsp3) is 0.526. The molecule has 1 fully saturated rings. The molecule has 2 heterocycles. The van der Waals surface area contributed by atoms with Crippen molar-refractivity contribution in [2.75, 3.05) is 13.2 Å². The highest BCUT2D eigenvalue weighted by molar-refractivity contribution is 5.96. The van der Waals surface area contributed by atoms with E-state index in [1.54, 1.807) is 26.8 Å². The summed E-state index contributed by atoms with van der Waals surface area (Å²) in [6, 6.07) is 2.09. The van der Waals surface area contributed by atoms with Crippen LogP contribution in [0.5, 0.6) is 5.75 Å². The van der Waals surface area contributed by atoms with Crippen LogP contribution < -0.4 is 10.1 Å². The Labute approximate surface area is 157 Å². The highest BCUT2D eigenvalue weighted by atomic mass is 19.1. The molecular formula is C19H24FN3O4. The topological polar surface area (TPSA) is 80.8 Å². The molecule has 146 valence electrons. The van der Waals surface area contributed by atoms with Gasteiger partial charge in [0.15, 0.2) is 0 Å². The molecule has 0 aromatic carbocycles. The summed E-state index contributed by atoms with van der Waals surface area (Å²) in [6.07, 6.45) is 3.32. The Bertz CT molecular complexity index is 769. The fourth-order valence-corrected chi connectivity index (χ4v) is 2.75. The Morgan fingerprint density at radius 3 is 2.81 bits per heavy atom. The van der Waals surface area contributed by atoms with Gasteiger partial charge in [-0.2, -0.15) is 0 Å².